The number of aryl methyl sites for hydroxylation is 1. The van der Waals surface area contributed by atoms with Crippen molar-refractivity contribution in [3.05, 3.63) is 125 Å². The predicted octanol–water partition coefficient (Wildman–Crippen LogP) is 5.18. The molecule has 1 unspecified atom stereocenters. The maximum atomic E-state index is 13.2. The number of Topliss-reactive ketones (excluding diaryl/α,β-unsaturated/α-hetero) is 1. The molecule has 2 aromatic carbocycles. The second-order valence-electron chi connectivity index (χ2n) is 8.55. The van der Waals surface area contributed by atoms with Crippen LogP contribution in [-0.4, -0.2) is 26.7 Å². The summed E-state index contributed by atoms with van der Waals surface area (Å²) in [5.41, 5.74) is 2.88. The molecule has 7 nitrogen and oxygen atoms in total. The van der Waals surface area contributed by atoms with Crippen LogP contribution in [0, 0.1) is 6.92 Å². The van der Waals surface area contributed by atoms with Gasteiger partial charge in [-0.15, -0.1) is 0 Å². The van der Waals surface area contributed by atoms with Gasteiger partial charge in [-0.05, 0) is 60.0 Å². The third-order valence-electron chi connectivity index (χ3n) is 6.13. The standard InChI is InChI=1S/C29H24N2O5/c1-19-15-21(11-12-24(19)36-18-20-7-3-2-4-8-20)27(32)25-26(22-9-5-13-30-16-22)31(29(34)28(25)33)17-23-10-6-14-35-23/h2-16,26,32H,17-18H2,1H3/b27-25-. The van der Waals surface area contributed by atoms with Crippen LogP contribution in [0.25, 0.3) is 5.76 Å². The van der Waals surface area contributed by atoms with E-state index < -0.39 is 17.7 Å². The largest absolute Gasteiger partial charge is 0.507 e. The molecule has 2 aromatic heterocycles. The lowest BCUT2D eigenvalue weighted by atomic mass is 9.95. The van der Waals surface area contributed by atoms with E-state index in [9.17, 15) is 14.7 Å². The van der Waals surface area contributed by atoms with Crippen LogP contribution in [0.5, 0.6) is 5.75 Å². The Balaban J connectivity index is 1.50. The van der Waals surface area contributed by atoms with E-state index in [4.69, 9.17) is 9.15 Å². The van der Waals surface area contributed by atoms with Gasteiger partial charge in [0.1, 0.15) is 23.9 Å². The van der Waals surface area contributed by atoms with Crippen LogP contribution >= 0.6 is 0 Å². The monoisotopic (exact) mass is 480 g/mol. The number of aliphatic hydroxyl groups excluding tert-OH is 1. The van der Waals surface area contributed by atoms with Gasteiger partial charge in [0.15, 0.2) is 0 Å². The minimum absolute atomic E-state index is 0.0110. The second kappa shape index (κ2) is 9.92. The van der Waals surface area contributed by atoms with Crippen LogP contribution in [-0.2, 0) is 22.7 Å². The summed E-state index contributed by atoms with van der Waals surface area (Å²) in [6, 6.07) is 21.1. The maximum Gasteiger partial charge on any atom is 0.296 e. The quantitative estimate of drug-likeness (QED) is 0.222. The van der Waals surface area contributed by atoms with Crippen LogP contribution in [0.4, 0.5) is 0 Å². The molecule has 0 saturated carbocycles. The summed E-state index contributed by atoms with van der Waals surface area (Å²) >= 11 is 0. The van der Waals surface area contributed by atoms with Gasteiger partial charge < -0.3 is 19.2 Å². The number of hydrogen-bond donors (Lipinski definition) is 1. The molecule has 0 aliphatic carbocycles. The molecule has 0 radical (unpaired) electrons. The molecular formula is C29H24N2O5. The molecule has 1 saturated heterocycles. The van der Waals surface area contributed by atoms with Crippen molar-refractivity contribution in [1.29, 1.82) is 0 Å². The van der Waals surface area contributed by atoms with Gasteiger partial charge in [0.2, 0.25) is 0 Å². The number of carbonyl (C=O) groups is 2. The number of rotatable bonds is 7. The Labute approximate surface area is 208 Å². The highest BCUT2D eigenvalue weighted by molar-refractivity contribution is 6.46. The van der Waals surface area contributed by atoms with Crippen LogP contribution in [0.2, 0.25) is 0 Å². The highest BCUT2D eigenvalue weighted by Crippen LogP contribution is 2.40. The van der Waals surface area contributed by atoms with E-state index >= 15 is 0 Å². The fraction of sp³-hybridized carbons (Fsp3) is 0.138. The van der Waals surface area contributed by atoms with Crippen LogP contribution in [0.1, 0.15) is 34.1 Å². The molecule has 180 valence electrons. The topological polar surface area (TPSA) is 92.9 Å². The minimum atomic E-state index is -0.807. The first-order valence-electron chi connectivity index (χ1n) is 11.5. The van der Waals surface area contributed by atoms with Gasteiger partial charge in [-0.3, -0.25) is 14.6 Å². The van der Waals surface area contributed by atoms with Crippen molar-refractivity contribution in [2.24, 2.45) is 0 Å². The van der Waals surface area contributed by atoms with E-state index in [2.05, 4.69) is 4.98 Å². The van der Waals surface area contributed by atoms with E-state index in [1.54, 1.807) is 54.9 Å². The molecule has 1 aliphatic heterocycles. The smallest absolute Gasteiger partial charge is 0.296 e. The summed E-state index contributed by atoms with van der Waals surface area (Å²) in [4.78, 5) is 31.8. The fourth-order valence-electron chi connectivity index (χ4n) is 4.35. The number of pyridine rings is 1. The molecule has 1 fully saturated rings. The molecule has 1 N–H and O–H groups in total. The lowest BCUT2D eigenvalue weighted by molar-refractivity contribution is -0.140. The SMILES string of the molecule is Cc1cc(/C(O)=C2/C(=O)C(=O)N(Cc3ccco3)C2c2cccnc2)ccc1OCc1ccccc1. The zero-order valence-electron chi connectivity index (χ0n) is 19.6. The van der Waals surface area contributed by atoms with Crippen molar-refractivity contribution in [1.82, 2.24) is 9.88 Å². The van der Waals surface area contributed by atoms with Crippen molar-refractivity contribution < 1.29 is 23.8 Å². The second-order valence-corrected chi connectivity index (χ2v) is 8.55. The molecule has 5 rings (SSSR count). The molecule has 3 heterocycles. The number of nitrogens with zero attached hydrogens (tertiary/aromatic N) is 2. The molecule has 1 aliphatic rings. The van der Waals surface area contributed by atoms with Gasteiger partial charge in [-0.1, -0.05) is 36.4 Å². The van der Waals surface area contributed by atoms with Crippen molar-refractivity contribution in [2.75, 3.05) is 0 Å². The molecule has 0 bridgehead atoms. The Hall–Kier alpha value is -4.65. The number of ether oxygens (including phenoxy) is 1. The number of hydrogen-bond acceptors (Lipinski definition) is 6. The fourth-order valence-corrected chi connectivity index (χ4v) is 4.35. The van der Waals surface area contributed by atoms with Crippen LogP contribution in [0.3, 0.4) is 0 Å². The van der Waals surface area contributed by atoms with Crippen molar-refractivity contribution in [2.45, 2.75) is 26.1 Å². The molecule has 4 aromatic rings. The Kier molecular flexibility index (Phi) is 6.36. The normalized spacial score (nSPS) is 16.9. The number of amides is 1. The summed E-state index contributed by atoms with van der Waals surface area (Å²) in [7, 11) is 0. The number of benzene rings is 2. The highest BCUT2D eigenvalue weighted by atomic mass is 16.5. The average molecular weight is 481 g/mol. The third-order valence-corrected chi connectivity index (χ3v) is 6.13. The lowest BCUT2D eigenvalue weighted by Gasteiger charge is -2.24. The first-order chi connectivity index (χ1) is 17.5. The third kappa shape index (κ3) is 4.51. The van der Waals surface area contributed by atoms with Gasteiger partial charge in [0.05, 0.1) is 24.4 Å². The molecule has 7 heteroatoms. The number of likely N-dealkylation sites (tertiary alicyclic amines) is 1. The van der Waals surface area contributed by atoms with Crippen molar-refractivity contribution in [3.63, 3.8) is 0 Å². The molecule has 0 spiro atoms. The van der Waals surface area contributed by atoms with Crippen LogP contribution < -0.4 is 4.74 Å². The average Bonchev–Trinajstić information content (AvgIpc) is 3.51. The molecule has 1 atom stereocenters. The number of furan rings is 1. The van der Waals surface area contributed by atoms with E-state index in [1.807, 2.05) is 37.3 Å². The van der Waals surface area contributed by atoms with Gasteiger partial charge >= 0.3 is 0 Å². The Bertz CT molecular complexity index is 1410. The number of ketones is 1. The van der Waals surface area contributed by atoms with Gasteiger partial charge in [0, 0.05) is 18.0 Å². The number of aliphatic hydroxyl groups is 1. The Morgan fingerprint density at radius 1 is 1.06 bits per heavy atom. The van der Waals surface area contributed by atoms with Crippen molar-refractivity contribution in [3.8, 4) is 5.75 Å². The van der Waals surface area contributed by atoms with E-state index in [0.717, 1.165) is 11.1 Å². The molecule has 36 heavy (non-hydrogen) atoms. The summed E-state index contributed by atoms with van der Waals surface area (Å²) in [6.07, 6.45) is 4.71. The maximum absolute atomic E-state index is 13.2. The lowest BCUT2D eigenvalue weighted by Crippen LogP contribution is -2.29. The predicted molar refractivity (Wildman–Crippen MR) is 133 cm³/mol. The first-order valence-corrected chi connectivity index (χ1v) is 11.5. The van der Waals surface area contributed by atoms with Gasteiger partial charge in [0.25, 0.3) is 11.7 Å². The van der Waals surface area contributed by atoms with Crippen LogP contribution in [0.15, 0.2) is 101 Å². The van der Waals surface area contributed by atoms with E-state index in [1.165, 1.54) is 11.2 Å². The van der Waals surface area contributed by atoms with E-state index in [0.29, 0.717) is 29.2 Å². The summed E-state index contributed by atoms with van der Waals surface area (Å²) in [5, 5.41) is 11.3. The summed E-state index contributed by atoms with van der Waals surface area (Å²) in [5.74, 6) is -0.516. The number of carbonyl (C=O) groups excluding carboxylic acids is 2. The Morgan fingerprint density at radius 2 is 1.89 bits per heavy atom. The highest BCUT2D eigenvalue weighted by Gasteiger charge is 2.46. The van der Waals surface area contributed by atoms with Gasteiger partial charge in [-0.25, -0.2) is 0 Å². The minimum Gasteiger partial charge on any atom is -0.507 e. The van der Waals surface area contributed by atoms with E-state index in [-0.39, 0.29) is 17.9 Å². The molecule has 1 amide bonds. The molecular weight excluding hydrogens is 456 g/mol. The summed E-state index contributed by atoms with van der Waals surface area (Å²) in [6.45, 7) is 2.36. The Morgan fingerprint density at radius 3 is 2.58 bits per heavy atom. The first kappa shape index (κ1) is 23.1. The number of aromatic nitrogens is 1. The summed E-state index contributed by atoms with van der Waals surface area (Å²) < 4.78 is 11.4. The van der Waals surface area contributed by atoms with Crippen molar-refractivity contribution >= 4 is 17.4 Å². The van der Waals surface area contributed by atoms with Gasteiger partial charge in [-0.2, -0.15) is 0 Å². The zero-order valence-corrected chi connectivity index (χ0v) is 19.6. The zero-order chi connectivity index (χ0) is 25.1.